The summed E-state index contributed by atoms with van der Waals surface area (Å²) in [6.07, 6.45) is 0.811. The predicted octanol–water partition coefficient (Wildman–Crippen LogP) is 3.13. The molecular weight excluding hydrogens is 312 g/mol. The van der Waals surface area contributed by atoms with Crippen molar-refractivity contribution in [3.05, 3.63) is 28.6 Å². The standard InChI is InChI=1S/C17H20N2O3S/c1-11(2)19-14-8-12(4-5-15(14)22-9-17(19)20)13-10-23-16(18-13)6-7-21-3/h4-5,8,10-11H,6-7,9H2,1-3H3. The van der Waals surface area contributed by atoms with Crippen LogP contribution in [-0.2, 0) is 16.0 Å². The SMILES string of the molecule is COCCc1nc(-c2ccc3c(c2)N(C(C)C)C(=O)CO3)cs1. The van der Waals surface area contributed by atoms with Gasteiger partial charge in [0.15, 0.2) is 6.61 Å². The van der Waals surface area contributed by atoms with Gasteiger partial charge in [-0.2, -0.15) is 0 Å². The lowest BCUT2D eigenvalue weighted by molar-refractivity contribution is -0.121. The number of anilines is 1. The van der Waals surface area contributed by atoms with Gasteiger partial charge in [0.25, 0.3) is 5.91 Å². The predicted molar refractivity (Wildman–Crippen MR) is 91.2 cm³/mol. The highest BCUT2D eigenvalue weighted by Crippen LogP contribution is 2.37. The Hall–Kier alpha value is -1.92. The van der Waals surface area contributed by atoms with Crippen molar-refractivity contribution < 1.29 is 14.3 Å². The quantitative estimate of drug-likeness (QED) is 0.844. The van der Waals surface area contributed by atoms with Crippen molar-refractivity contribution >= 4 is 22.9 Å². The van der Waals surface area contributed by atoms with Crippen molar-refractivity contribution in [1.82, 2.24) is 4.98 Å². The summed E-state index contributed by atoms with van der Waals surface area (Å²) in [5.74, 6) is 0.737. The summed E-state index contributed by atoms with van der Waals surface area (Å²) < 4.78 is 10.6. The monoisotopic (exact) mass is 332 g/mol. The Morgan fingerprint density at radius 1 is 1.43 bits per heavy atom. The number of carbonyl (C=O) groups excluding carboxylic acids is 1. The zero-order valence-electron chi connectivity index (χ0n) is 13.5. The van der Waals surface area contributed by atoms with Crippen LogP contribution in [-0.4, -0.2) is 37.3 Å². The number of ether oxygens (including phenoxy) is 2. The minimum Gasteiger partial charge on any atom is -0.482 e. The fourth-order valence-corrected chi connectivity index (χ4v) is 3.43. The molecule has 5 nitrogen and oxygen atoms in total. The molecule has 2 aromatic rings. The molecule has 122 valence electrons. The van der Waals surface area contributed by atoms with Crippen LogP contribution in [0.5, 0.6) is 5.75 Å². The molecule has 0 fully saturated rings. The lowest BCUT2D eigenvalue weighted by Gasteiger charge is -2.32. The number of aromatic nitrogens is 1. The second kappa shape index (κ2) is 6.68. The Labute approximate surface area is 139 Å². The number of hydrogen-bond donors (Lipinski definition) is 0. The Morgan fingerprint density at radius 2 is 2.26 bits per heavy atom. The molecule has 0 atom stereocenters. The van der Waals surface area contributed by atoms with Crippen LogP contribution in [0.15, 0.2) is 23.6 Å². The summed E-state index contributed by atoms with van der Waals surface area (Å²) in [7, 11) is 1.69. The second-order valence-corrected chi connectivity index (χ2v) is 6.64. The largest absolute Gasteiger partial charge is 0.482 e. The minimum atomic E-state index is -0.0105. The molecule has 1 aliphatic rings. The van der Waals surface area contributed by atoms with Crippen LogP contribution < -0.4 is 9.64 Å². The summed E-state index contributed by atoms with van der Waals surface area (Å²) in [6.45, 7) is 4.78. The fourth-order valence-electron chi connectivity index (χ4n) is 2.64. The number of benzene rings is 1. The van der Waals surface area contributed by atoms with E-state index in [1.54, 1.807) is 23.3 Å². The van der Waals surface area contributed by atoms with Crippen LogP contribution >= 0.6 is 11.3 Å². The molecule has 23 heavy (non-hydrogen) atoms. The molecule has 1 aliphatic heterocycles. The van der Waals surface area contributed by atoms with E-state index in [1.165, 1.54) is 0 Å². The third-order valence-corrected chi connectivity index (χ3v) is 4.63. The van der Waals surface area contributed by atoms with Crippen molar-refractivity contribution in [2.75, 3.05) is 25.2 Å². The molecule has 0 radical (unpaired) electrons. The third kappa shape index (κ3) is 3.23. The van der Waals surface area contributed by atoms with E-state index in [-0.39, 0.29) is 18.6 Å². The van der Waals surface area contributed by atoms with Gasteiger partial charge in [0.05, 0.1) is 23.0 Å². The molecule has 2 heterocycles. The number of fused-ring (bicyclic) bond motifs is 1. The van der Waals surface area contributed by atoms with Gasteiger partial charge in [0.2, 0.25) is 0 Å². The van der Waals surface area contributed by atoms with Crippen molar-refractivity contribution in [3.63, 3.8) is 0 Å². The summed E-state index contributed by atoms with van der Waals surface area (Å²) in [5.41, 5.74) is 2.73. The molecule has 6 heteroatoms. The topological polar surface area (TPSA) is 51.7 Å². The maximum atomic E-state index is 12.1. The van der Waals surface area contributed by atoms with Gasteiger partial charge in [0, 0.05) is 30.5 Å². The Bertz CT molecular complexity index is 712. The normalized spacial score (nSPS) is 14.1. The molecule has 1 aromatic heterocycles. The first-order chi connectivity index (χ1) is 11.1. The molecule has 3 rings (SSSR count). The Kier molecular flexibility index (Phi) is 4.63. The van der Waals surface area contributed by atoms with E-state index >= 15 is 0 Å². The molecule has 0 saturated heterocycles. The first-order valence-corrected chi connectivity index (χ1v) is 8.50. The van der Waals surface area contributed by atoms with E-state index in [0.717, 1.165) is 34.1 Å². The molecular formula is C17H20N2O3S. The summed E-state index contributed by atoms with van der Waals surface area (Å²) in [6, 6.07) is 5.98. The van der Waals surface area contributed by atoms with Gasteiger partial charge in [-0.15, -0.1) is 11.3 Å². The average Bonchev–Trinajstić information content (AvgIpc) is 3.00. The fraction of sp³-hybridized carbons (Fsp3) is 0.412. The lowest BCUT2D eigenvalue weighted by Crippen LogP contribution is -2.43. The number of carbonyl (C=O) groups is 1. The van der Waals surface area contributed by atoms with Gasteiger partial charge >= 0.3 is 0 Å². The van der Waals surface area contributed by atoms with Crippen LogP contribution in [0.2, 0.25) is 0 Å². The van der Waals surface area contributed by atoms with Gasteiger partial charge in [-0.25, -0.2) is 4.98 Å². The van der Waals surface area contributed by atoms with E-state index in [0.29, 0.717) is 6.61 Å². The van der Waals surface area contributed by atoms with Gasteiger partial charge in [-0.1, -0.05) is 0 Å². The van der Waals surface area contributed by atoms with Gasteiger partial charge in [-0.05, 0) is 32.0 Å². The number of nitrogens with zero attached hydrogens (tertiary/aromatic N) is 2. The number of methoxy groups -OCH3 is 1. The van der Waals surface area contributed by atoms with Crippen molar-refractivity contribution in [2.45, 2.75) is 26.3 Å². The maximum absolute atomic E-state index is 12.1. The first-order valence-electron chi connectivity index (χ1n) is 7.62. The number of thiazole rings is 1. The van der Waals surface area contributed by atoms with Crippen molar-refractivity contribution in [2.24, 2.45) is 0 Å². The van der Waals surface area contributed by atoms with Crippen molar-refractivity contribution in [1.29, 1.82) is 0 Å². The minimum absolute atomic E-state index is 0.0105. The van der Waals surface area contributed by atoms with Gasteiger partial charge in [0.1, 0.15) is 5.75 Å². The first kappa shape index (κ1) is 16.0. The maximum Gasteiger partial charge on any atom is 0.265 e. The zero-order chi connectivity index (χ0) is 16.4. The Morgan fingerprint density at radius 3 is 3.00 bits per heavy atom. The molecule has 0 N–H and O–H groups in total. The zero-order valence-corrected chi connectivity index (χ0v) is 14.4. The van der Waals surface area contributed by atoms with E-state index < -0.39 is 0 Å². The number of rotatable bonds is 5. The van der Waals surface area contributed by atoms with E-state index in [1.807, 2.05) is 37.4 Å². The smallest absolute Gasteiger partial charge is 0.265 e. The highest BCUT2D eigenvalue weighted by Gasteiger charge is 2.28. The Balaban J connectivity index is 1.93. The summed E-state index contributed by atoms with van der Waals surface area (Å²) in [4.78, 5) is 18.6. The lowest BCUT2D eigenvalue weighted by atomic mass is 10.1. The van der Waals surface area contributed by atoms with Crippen LogP contribution in [0.4, 0.5) is 5.69 Å². The molecule has 0 aliphatic carbocycles. The second-order valence-electron chi connectivity index (χ2n) is 5.70. The molecule has 1 amide bonds. The average molecular weight is 332 g/mol. The molecule has 0 unspecified atom stereocenters. The molecule has 0 bridgehead atoms. The van der Waals surface area contributed by atoms with E-state index in [2.05, 4.69) is 4.98 Å². The molecule has 1 aromatic carbocycles. The summed E-state index contributed by atoms with van der Waals surface area (Å²) >= 11 is 1.63. The van der Waals surface area contributed by atoms with Crippen LogP contribution in [0.3, 0.4) is 0 Å². The number of hydrogen-bond acceptors (Lipinski definition) is 5. The van der Waals surface area contributed by atoms with Crippen LogP contribution in [0, 0.1) is 0 Å². The third-order valence-electron chi connectivity index (χ3n) is 3.72. The number of amides is 1. The highest BCUT2D eigenvalue weighted by molar-refractivity contribution is 7.09. The van der Waals surface area contributed by atoms with Gasteiger partial charge in [-0.3, -0.25) is 4.79 Å². The molecule has 0 spiro atoms. The summed E-state index contributed by atoms with van der Waals surface area (Å²) in [5, 5.41) is 3.09. The highest BCUT2D eigenvalue weighted by atomic mass is 32.1. The van der Waals surface area contributed by atoms with Gasteiger partial charge < -0.3 is 14.4 Å². The van der Waals surface area contributed by atoms with Crippen LogP contribution in [0.1, 0.15) is 18.9 Å². The van der Waals surface area contributed by atoms with Crippen LogP contribution in [0.25, 0.3) is 11.3 Å². The van der Waals surface area contributed by atoms with E-state index in [9.17, 15) is 4.79 Å². The van der Waals surface area contributed by atoms with E-state index in [4.69, 9.17) is 9.47 Å². The van der Waals surface area contributed by atoms with Crippen molar-refractivity contribution in [3.8, 4) is 17.0 Å². The molecule has 0 saturated carbocycles.